The van der Waals surface area contributed by atoms with Crippen molar-refractivity contribution in [1.29, 1.82) is 0 Å². The first-order valence-corrected chi connectivity index (χ1v) is 3.72. The van der Waals surface area contributed by atoms with Gasteiger partial charge in [-0.25, -0.2) is 4.39 Å². The molecule has 1 aliphatic rings. The minimum Gasteiger partial charge on any atom is -0.395 e. The molecule has 2 nitrogen and oxygen atoms in total. The van der Waals surface area contributed by atoms with Gasteiger partial charge in [0.2, 0.25) is 0 Å². The minimum atomic E-state index is -1.04. The number of aliphatic hydroxyl groups excluding tert-OH is 1. The smallest absolute Gasteiger partial charge is 0.112 e. The number of hydrogen-bond donors (Lipinski definition) is 2. The van der Waals surface area contributed by atoms with E-state index in [9.17, 15) is 4.39 Å². The van der Waals surface area contributed by atoms with Crippen LogP contribution in [0.5, 0.6) is 0 Å². The molecule has 0 saturated heterocycles. The Labute approximate surface area is 60.2 Å². The highest BCUT2D eigenvalue weighted by Gasteiger charge is 2.37. The second-order valence-corrected chi connectivity index (χ2v) is 3.15. The number of nitrogens with two attached hydrogens (primary N) is 1. The predicted molar refractivity (Wildman–Crippen MR) is 37.4 cm³/mol. The summed E-state index contributed by atoms with van der Waals surface area (Å²) in [7, 11) is 0. The van der Waals surface area contributed by atoms with E-state index in [1.807, 2.05) is 0 Å². The molecule has 3 heteroatoms. The summed E-state index contributed by atoms with van der Waals surface area (Å²) in [4.78, 5) is 0. The quantitative estimate of drug-likeness (QED) is 0.613. The van der Waals surface area contributed by atoms with E-state index in [1.165, 1.54) is 0 Å². The van der Waals surface area contributed by atoms with Gasteiger partial charge in [0.05, 0.1) is 6.61 Å². The summed E-state index contributed by atoms with van der Waals surface area (Å²) in [6.45, 7) is -0.105. The SMILES string of the molecule is N[C@@H](CO)CC1(F)CCC1. The lowest BCUT2D eigenvalue weighted by molar-refractivity contribution is 0.0392. The molecular weight excluding hydrogens is 133 g/mol. The van der Waals surface area contributed by atoms with Gasteiger partial charge in [-0.05, 0) is 25.7 Å². The average Bonchev–Trinajstić information content (AvgIpc) is 1.84. The highest BCUT2D eigenvalue weighted by molar-refractivity contribution is 4.90. The Balaban J connectivity index is 2.22. The van der Waals surface area contributed by atoms with Crippen LogP contribution in [0.25, 0.3) is 0 Å². The molecule has 3 N–H and O–H groups in total. The summed E-state index contributed by atoms with van der Waals surface area (Å²) in [5.74, 6) is 0. The number of halogens is 1. The van der Waals surface area contributed by atoms with Crippen molar-refractivity contribution >= 4 is 0 Å². The molecule has 0 unspecified atom stereocenters. The van der Waals surface area contributed by atoms with E-state index in [2.05, 4.69) is 0 Å². The summed E-state index contributed by atoms with van der Waals surface area (Å²) in [5.41, 5.74) is 4.34. The molecule has 0 aliphatic heterocycles. The van der Waals surface area contributed by atoms with Crippen molar-refractivity contribution in [3.63, 3.8) is 0 Å². The van der Waals surface area contributed by atoms with Gasteiger partial charge < -0.3 is 10.8 Å². The van der Waals surface area contributed by atoms with Crippen LogP contribution in [-0.4, -0.2) is 23.4 Å². The zero-order valence-electron chi connectivity index (χ0n) is 6.02. The summed E-state index contributed by atoms with van der Waals surface area (Å²) >= 11 is 0. The Morgan fingerprint density at radius 3 is 2.50 bits per heavy atom. The number of rotatable bonds is 3. The predicted octanol–water partition coefficient (Wildman–Crippen LogP) is 0.588. The van der Waals surface area contributed by atoms with Gasteiger partial charge in [-0.2, -0.15) is 0 Å². The van der Waals surface area contributed by atoms with Crippen LogP contribution >= 0.6 is 0 Å². The van der Waals surface area contributed by atoms with Gasteiger partial charge in [-0.15, -0.1) is 0 Å². The third kappa shape index (κ3) is 1.67. The summed E-state index contributed by atoms with van der Waals surface area (Å²) in [5, 5.41) is 8.53. The molecule has 1 aliphatic carbocycles. The second-order valence-electron chi connectivity index (χ2n) is 3.15. The third-order valence-corrected chi connectivity index (χ3v) is 2.11. The zero-order valence-corrected chi connectivity index (χ0v) is 6.02. The van der Waals surface area contributed by atoms with E-state index >= 15 is 0 Å². The van der Waals surface area contributed by atoms with Crippen LogP contribution in [-0.2, 0) is 0 Å². The minimum absolute atomic E-state index is 0.105. The zero-order chi connectivity index (χ0) is 7.61. The highest BCUT2D eigenvalue weighted by Crippen LogP contribution is 2.39. The van der Waals surface area contributed by atoms with Crippen molar-refractivity contribution in [3.05, 3.63) is 0 Å². The molecule has 1 rings (SSSR count). The molecule has 0 heterocycles. The molecule has 10 heavy (non-hydrogen) atoms. The van der Waals surface area contributed by atoms with Crippen molar-refractivity contribution in [3.8, 4) is 0 Å². The van der Waals surface area contributed by atoms with E-state index < -0.39 is 5.67 Å². The topological polar surface area (TPSA) is 46.2 Å². The number of alkyl halides is 1. The van der Waals surface area contributed by atoms with Crippen molar-refractivity contribution in [2.24, 2.45) is 5.73 Å². The normalized spacial score (nSPS) is 25.5. The third-order valence-electron chi connectivity index (χ3n) is 2.11. The van der Waals surface area contributed by atoms with Crippen LogP contribution in [0.2, 0.25) is 0 Å². The molecule has 0 bridgehead atoms. The average molecular weight is 147 g/mol. The molecule has 1 atom stereocenters. The van der Waals surface area contributed by atoms with Gasteiger partial charge in [0.15, 0.2) is 0 Å². The van der Waals surface area contributed by atoms with Gasteiger partial charge in [0.25, 0.3) is 0 Å². The van der Waals surface area contributed by atoms with Crippen LogP contribution in [0, 0.1) is 0 Å². The maximum Gasteiger partial charge on any atom is 0.112 e. The van der Waals surface area contributed by atoms with Gasteiger partial charge in [-0.1, -0.05) is 0 Å². The van der Waals surface area contributed by atoms with Crippen molar-refractivity contribution in [1.82, 2.24) is 0 Å². The van der Waals surface area contributed by atoms with Crippen LogP contribution < -0.4 is 5.73 Å². The van der Waals surface area contributed by atoms with Crippen molar-refractivity contribution < 1.29 is 9.50 Å². The Hall–Kier alpha value is -0.150. The van der Waals surface area contributed by atoms with Crippen LogP contribution in [0.1, 0.15) is 25.7 Å². The summed E-state index contributed by atoms with van der Waals surface area (Å²) in [6, 6.07) is -0.370. The molecule has 60 valence electrons. The Bertz CT molecular complexity index is 114. The fourth-order valence-corrected chi connectivity index (χ4v) is 1.30. The fraction of sp³-hybridized carbons (Fsp3) is 1.00. The van der Waals surface area contributed by atoms with Crippen LogP contribution in [0.3, 0.4) is 0 Å². The van der Waals surface area contributed by atoms with E-state index in [0.29, 0.717) is 19.3 Å². The molecule has 0 amide bonds. The molecule has 0 aromatic rings. The number of hydrogen-bond acceptors (Lipinski definition) is 2. The molecule has 0 aromatic heterocycles. The molecule has 1 fully saturated rings. The number of aliphatic hydroxyl groups is 1. The van der Waals surface area contributed by atoms with Crippen molar-refractivity contribution in [2.45, 2.75) is 37.4 Å². The van der Waals surface area contributed by atoms with E-state index in [4.69, 9.17) is 10.8 Å². The fourth-order valence-electron chi connectivity index (χ4n) is 1.30. The van der Waals surface area contributed by atoms with Gasteiger partial charge >= 0.3 is 0 Å². The van der Waals surface area contributed by atoms with Gasteiger partial charge in [0, 0.05) is 6.04 Å². The largest absolute Gasteiger partial charge is 0.395 e. The van der Waals surface area contributed by atoms with Gasteiger partial charge in [-0.3, -0.25) is 0 Å². The maximum absolute atomic E-state index is 13.2. The first-order valence-electron chi connectivity index (χ1n) is 3.72. The first-order chi connectivity index (χ1) is 4.66. The molecule has 0 spiro atoms. The second kappa shape index (κ2) is 2.84. The van der Waals surface area contributed by atoms with E-state index in [1.54, 1.807) is 0 Å². The van der Waals surface area contributed by atoms with Crippen molar-refractivity contribution in [2.75, 3.05) is 6.61 Å². The Kier molecular flexibility index (Phi) is 2.26. The highest BCUT2D eigenvalue weighted by atomic mass is 19.1. The Morgan fingerprint density at radius 2 is 2.20 bits per heavy atom. The Morgan fingerprint density at radius 1 is 1.60 bits per heavy atom. The molecule has 1 saturated carbocycles. The first kappa shape index (κ1) is 7.95. The monoisotopic (exact) mass is 147 g/mol. The molecular formula is C7H14FNO. The van der Waals surface area contributed by atoms with Crippen LogP contribution in [0.15, 0.2) is 0 Å². The lowest BCUT2D eigenvalue weighted by Crippen LogP contribution is -2.40. The van der Waals surface area contributed by atoms with E-state index in [0.717, 1.165) is 6.42 Å². The summed E-state index contributed by atoms with van der Waals surface area (Å²) < 4.78 is 13.2. The maximum atomic E-state index is 13.2. The summed E-state index contributed by atoms with van der Waals surface area (Å²) in [6.07, 6.45) is 2.54. The van der Waals surface area contributed by atoms with Gasteiger partial charge in [0.1, 0.15) is 5.67 Å². The lowest BCUT2D eigenvalue weighted by atomic mass is 9.78. The molecule has 0 radical (unpaired) electrons. The standard InChI is InChI=1S/C7H14FNO/c8-7(2-1-3-7)4-6(9)5-10/h6,10H,1-5,9H2/t6-/m1/s1. The van der Waals surface area contributed by atoms with Crippen LogP contribution in [0.4, 0.5) is 4.39 Å². The molecule has 0 aromatic carbocycles. The van der Waals surface area contributed by atoms with E-state index in [-0.39, 0.29) is 12.6 Å². The lowest BCUT2D eigenvalue weighted by Gasteiger charge is -2.35.